The number of benzene rings is 2. The number of hydrogen-bond donors (Lipinski definition) is 2. The zero-order valence-electron chi connectivity index (χ0n) is 11.4. The fourth-order valence-electron chi connectivity index (χ4n) is 2.00. The molecule has 0 saturated carbocycles. The molecular formula is C15H15Cl2N3O. The number of amides is 1. The van der Waals surface area contributed by atoms with Gasteiger partial charge in [0, 0.05) is 30.5 Å². The van der Waals surface area contributed by atoms with Gasteiger partial charge in [-0.3, -0.25) is 4.79 Å². The van der Waals surface area contributed by atoms with E-state index in [2.05, 4.69) is 0 Å². The van der Waals surface area contributed by atoms with Crippen LogP contribution in [0.25, 0.3) is 0 Å². The van der Waals surface area contributed by atoms with Crippen LogP contribution in [-0.4, -0.2) is 17.9 Å². The Morgan fingerprint density at radius 1 is 1.05 bits per heavy atom. The molecule has 0 spiro atoms. The summed E-state index contributed by atoms with van der Waals surface area (Å²) >= 11 is 11.8. The lowest BCUT2D eigenvalue weighted by Gasteiger charge is -2.18. The van der Waals surface area contributed by atoms with Gasteiger partial charge in [0.25, 0.3) is 5.91 Å². The lowest BCUT2D eigenvalue weighted by molar-refractivity contribution is 0.0785. The minimum absolute atomic E-state index is 0.167. The van der Waals surface area contributed by atoms with Crippen molar-refractivity contribution in [3.8, 4) is 0 Å². The molecule has 0 radical (unpaired) electrons. The van der Waals surface area contributed by atoms with Crippen LogP contribution in [0.15, 0.2) is 36.4 Å². The van der Waals surface area contributed by atoms with E-state index in [1.54, 1.807) is 42.3 Å². The van der Waals surface area contributed by atoms with Crippen molar-refractivity contribution >= 4 is 40.5 Å². The third-order valence-corrected chi connectivity index (χ3v) is 3.71. The summed E-state index contributed by atoms with van der Waals surface area (Å²) in [5.41, 5.74) is 13.7. The topological polar surface area (TPSA) is 72.3 Å². The fourth-order valence-corrected chi connectivity index (χ4v) is 2.32. The maximum atomic E-state index is 12.4. The summed E-state index contributed by atoms with van der Waals surface area (Å²) in [5.74, 6) is -0.167. The number of nitrogens with zero attached hydrogens (tertiary/aromatic N) is 1. The summed E-state index contributed by atoms with van der Waals surface area (Å²) in [6, 6.07) is 10.1. The maximum absolute atomic E-state index is 12.4. The third-order valence-electron chi connectivity index (χ3n) is 2.98. The quantitative estimate of drug-likeness (QED) is 0.850. The van der Waals surface area contributed by atoms with Gasteiger partial charge in [0.1, 0.15) is 0 Å². The predicted octanol–water partition coefficient (Wildman–Crippen LogP) is 3.43. The van der Waals surface area contributed by atoms with Crippen molar-refractivity contribution < 1.29 is 4.79 Å². The first-order chi connectivity index (χ1) is 9.86. The first-order valence-electron chi connectivity index (χ1n) is 6.22. The van der Waals surface area contributed by atoms with Gasteiger partial charge in [-0.05, 0) is 35.9 Å². The van der Waals surface area contributed by atoms with Gasteiger partial charge < -0.3 is 16.4 Å². The second-order valence-corrected chi connectivity index (χ2v) is 5.61. The van der Waals surface area contributed by atoms with Crippen LogP contribution in [0.4, 0.5) is 11.4 Å². The zero-order valence-corrected chi connectivity index (χ0v) is 12.9. The normalized spacial score (nSPS) is 10.4. The number of carbonyl (C=O) groups is 1. The van der Waals surface area contributed by atoms with Gasteiger partial charge in [-0.15, -0.1) is 0 Å². The largest absolute Gasteiger partial charge is 0.399 e. The molecular weight excluding hydrogens is 309 g/mol. The molecule has 4 nitrogen and oxygen atoms in total. The van der Waals surface area contributed by atoms with Crippen LogP contribution in [0.1, 0.15) is 15.9 Å². The Labute approximate surface area is 133 Å². The maximum Gasteiger partial charge on any atom is 0.254 e. The Bertz CT molecular complexity index is 668. The van der Waals surface area contributed by atoms with E-state index in [9.17, 15) is 4.79 Å². The Balaban J connectivity index is 2.17. The van der Waals surface area contributed by atoms with Gasteiger partial charge >= 0.3 is 0 Å². The molecule has 4 N–H and O–H groups in total. The number of halogens is 2. The first-order valence-corrected chi connectivity index (χ1v) is 6.98. The van der Waals surface area contributed by atoms with E-state index in [-0.39, 0.29) is 5.91 Å². The molecule has 0 saturated heterocycles. The lowest BCUT2D eigenvalue weighted by Crippen LogP contribution is -2.26. The minimum Gasteiger partial charge on any atom is -0.399 e. The molecule has 0 fully saturated rings. The van der Waals surface area contributed by atoms with Gasteiger partial charge in [0.05, 0.1) is 10.0 Å². The van der Waals surface area contributed by atoms with Gasteiger partial charge in [-0.25, -0.2) is 0 Å². The highest BCUT2D eigenvalue weighted by Gasteiger charge is 2.13. The van der Waals surface area contributed by atoms with Crippen molar-refractivity contribution in [1.29, 1.82) is 0 Å². The van der Waals surface area contributed by atoms with Crippen molar-refractivity contribution in [2.24, 2.45) is 0 Å². The molecule has 0 aliphatic carbocycles. The Morgan fingerprint density at radius 3 is 2.24 bits per heavy atom. The van der Waals surface area contributed by atoms with Crippen LogP contribution >= 0.6 is 23.2 Å². The molecule has 0 unspecified atom stereocenters. The standard InChI is InChI=1S/C15H15Cl2N3O/c1-20(8-9-2-3-13(16)14(17)4-9)15(21)10-5-11(18)7-12(19)6-10/h2-7H,8,18-19H2,1H3. The minimum atomic E-state index is -0.167. The van der Waals surface area contributed by atoms with E-state index in [0.29, 0.717) is 33.5 Å². The number of carbonyl (C=O) groups excluding carboxylic acids is 1. The summed E-state index contributed by atoms with van der Waals surface area (Å²) in [6.45, 7) is 0.407. The van der Waals surface area contributed by atoms with E-state index in [1.165, 1.54) is 0 Å². The average Bonchev–Trinajstić information content (AvgIpc) is 2.41. The van der Waals surface area contributed by atoms with E-state index in [0.717, 1.165) is 5.56 Å². The van der Waals surface area contributed by atoms with E-state index in [1.807, 2.05) is 6.07 Å². The number of hydrogen-bond acceptors (Lipinski definition) is 3. The second-order valence-electron chi connectivity index (χ2n) is 4.80. The average molecular weight is 324 g/mol. The molecule has 0 aromatic heterocycles. The Morgan fingerprint density at radius 2 is 1.67 bits per heavy atom. The molecule has 2 rings (SSSR count). The van der Waals surface area contributed by atoms with Crippen LogP contribution in [0.5, 0.6) is 0 Å². The molecule has 6 heteroatoms. The highest BCUT2D eigenvalue weighted by Crippen LogP contribution is 2.23. The highest BCUT2D eigenvalue weighted by atomic mass is 35.5. The molecule has 0 atom stereocenters. The number of anilines is 2. The van der Waals surface area contributed by atoms with Gasteiger partial charge in [0.2, 0.25) is 0 Å². The van der Waals surface area contributed by atoms with E-state index in [4.69, 9.17) is 34.7 Å². The van der Waals surface area contributed by atoms with Crippen molar-refractivity contribution in [3.05, 3.63) is 57.6 Å². The second kappa shape index (κ2) is 6.24. The van der Waals surface area contributed by atoms with Crippen LogP contribution < -0.4 is 11.5 Å². The third kappa shape index (κ3) is 3.80. The molecule has 0 aliphatic rings. The van der Waals surface area contributed by atoms with Crippen LogP contribution in [0.2, 0.25) is 10.0 Å². The number of nitrogen functional groups attached to an aromatic ring is 2. The van der Waals surface area contributed by atoms with Crippen LogP contribution in [0.3, 0.4) is 0 Å². The van der Waals surface area contributed by atoms with Gasteiger partial charge in [0.15, 0.2) is 0 Å². The monoisotopic (exact) mass is 323 g/mol. The number of nitrogens with two attached hydrogens (primary N) is 2. The smallest absolute Gasteiger partial charge is 0.254 e. The van der Waals surface area contributed by atoms with E-state index < -0.39 is 0 Å². The molecule has 0 heterocycles. The van der Waals surface area contributed by atoms with Gasteiger partial charge in [-0.2, -0.15) is 0 Å². The van der Waals surface area contributed by atoms with Crippen LogP contribution in [0, 0.1) is 0 Å². The van der Waals surface area contributed by atoms with Crippen molar-refractivity contribution in [2.45, 2.75) is 6.54 Å². The summed E-state index contributed by atoms with van der Waals surface area (Å²) in [4.78, 5) is 13.9. The summed E-state index contributed by atoms with van der Waals surface area (Å²) in [7, 11) is 1.70. The van der Waals surface area contributed by atoms with Gasteiger partial charge in [-0.1, -0.05) is 29.3 Å². The van der Waals surface area contributed by atoms with Crippen LogP contribution in [-0.2, 0) is 6.54 Å². The fraction of sp³-hybridized carbons (Fsp3) is 0.133. The molecule has 21 heavy (non-hydrogen) atoms. The molecule has 2 aromatic rings. The van der Waals surface area contributed by atoms with Crippen molar-refractivity contribution in [3.63, 3.8) is 0 Å². The molecule has 110 valence electrons. The summed E-state index contributed by atoms with van der Waals surface area (Å²) in [5, 5.41) is 0.946. The predicted molar refractivity (Wildman–Crippen MR) is 87.5 cm³/mol. The molecule has 0 bridgehead atoms. The first kappa shape index (κ1) is 15.5. The summed E-state index contributed by atoms with van der Waals surface area (Å²) in [6.07, 6.45) is 0. The van der Waals surface area contributed by atoms with E-state index >= 15 is 0 Å². The van der Waals surface area contributed by atoms with Crippen molar-refractivity contribution in [2.75, 3.05) is 18.5 Å². The highest BCUT2D eigenvalue weighted by molar-refractivity contribution is 6.42. The van der Waals surface area contributed by atoms with Crippen molar-refractivity contribution in [1.82, 2.24) is 4.90 Å². The Hall–Kier alpha value is -1.91. The lowest BCUT2D eigenvalue weighted by atomic mass is 10.1. The zero-order chi connectivity index (χ0) is 15.6. The molecule has 0 aliphatic heterocycles. The molecule has 1 amide bonds. The SMILES string of the molecule is CN(Cc1ccc(Cl)c(Cl)c1)C(=O)c1cc(N)cc(N)c1. The molecule has 2 aromatic carbocycles. The number of rotatable bonds is 3. The summed E-state index contributed by atoms with van der Waals surface area (Å²) < 4.78 is 0. The Kier molecular flexibility index (Phi) is 4.60.